The van der Waals surface area contributed by atoms with Crippen LogP contribution in [-0.4, -0.2) is 18.1 Å². The van der Waals surface area contributed by atoms with Gasteiger partial charge in [-0.2, -0.15) is 0 Å². The van der Waals surface area contributed by atoms with Crippen LogP contribution >= 0.6 is 23.2 Å². The lowest BCUT2D eigenvalue weighted by Gasteiger charge is -2.06. The van der Waals surface area contributed by atoms with Crippen molar-refractivity contribution in [3.63, 3.8) is 0 Å². The number of hydrogen-bond donors (Lipinski definition) is 1. The van der Waals surface area contributed by atoms with E-state index in [1.54, 1.807) is 6.07 Å². The number of aromatic nitrogens is 1. The number of nitrogens with zero attached hydrogens (tertiary/aromatic N) is 1. The third-order valence-electron chi connectivity index (χ3n) is 1.18. The number of pyridine rings is 1. The standard InChI is InChI=1S/C7H8Cl2N2O/c8-5-1-3-11-7(9)6(5)12-4-2-10/h1,3H,2,4,10H2. The molecule has 1 heterocycles. The largest absolute Gasteiger partial charge is 0.487 e. The Hall–Kier alpha value is -0.510. The second kappa shape index (κ2) is 4.50. The SMILES string of the molecule is NCCOc1c(Cl)ccnc1Cl. The van der Waals surface area contributed by atoms with E-state index < -0.39 is 0 Å². The molecule has 0 saturated carbocycles. The highest BCUT2D eigenvalue weighted by Crippen LogP contribution is 2.29. The van der Waals surface area contributed by atoms with Crippen LogP contribution in [0.3, 0.4) is 0 Å². The zero-order valence-corrected chi connectivity index (χ0v) is 7.77. The molecule has 0 fully saturated rings. The van der Waals surface area contributed by atoms with E-state index >= 15 is 0 Å². The zero-order chi connectivity index (χ0) is 8.97. The van der Waals surface area contributed by atoms with Gasteiger partial charge in [-0.3, -0.25) is 0 Å². The third kappa shape index (κ3) is 2.24. The van der Waals surface area contributed by atoms with Crippen molar-refractivity contribution in [3.8, 4) is 5.75 Å². The first-order chi connectivity index (χ1) is 5.75. The Morgan fingerprint density at radius 2 is 2.25 bits per heavy atom. The Bertz CT molecular complexity index is 247. The molecule has 2 N–H and O–H groups in total. The van der Waals surface area contributed by atoms with Gasteiger partial charge >= 0.3 is 0 Å². The lowest BCUT2D eigenvalue weighted by Crippen LogP contribution is -2.11. The number of nitrogens with two attached hydrogens (primary N) is 1. The molecule has 12 heavy (non-hydrogen) atoms. The van der Waals surface area contributed by atoms with Gasteiger partial charge in [0.25, 0.3) is 0 Å². The molecule has 0 aromatic carbocycles. The lowest BCUT2D eigenvalue weighted by molar-refractivity contribution is 0.327. The Labute approximate surface area is 80.4 Å². The first-order valence-electron chi connectivity index (χ1n) is 3.38. The van der Waals surface area contributed by atoms with Gasteiger partial charge in [-0.15, -0.1) is 0 Å². The molecule has 0 bridgehead atoms. The van der Waals surface area contributed by atoms with E-state index in [-0.39, 0.29) is 5.15 Å². The molecule has 66 valence electrons. The summed E-state index contributed by atoms with van der Waals surface area (Å²) < 4.78 is 5.17. The maximum Gasteiger partial charge on any atom is 0.175 e. The molecule has 0 unspecified atom stereocenters. The van der Waals surface area contributed by atoms with E-state index in [1.165, 1.54) is 6.20 Å². The quantitative estimate of drug-likeness (QED) is 0.767. The molecule has 1 aromatic rings. The summed E-state index contributed by atoms with van der Waals surface area (Å²) in [6.07, 6.45) is 1.51. The molecule has 0 radical (unpaired) electrons. The van der Waals surface area contributed by atoms with Crippen molar-refractivity contribution >= 4 is 23.2 Å². The molecular formula is C7H8Cl2N2O. The van der Waals surface area contributed by atoms with Gasteiger partial charge in [0.2, 0.25) is 0 Å². The third-order valence-corrected chi connectivity index (χ3v) is 1.74. The van der Waals surface area contributed by atoms with E-state index in [0.29, 0.717) is 23.9 Å². The van der Waals surface area contributed by atoms with Crippen molar-refractivity contribution in [1.82, 2.24) is 4.98 Å². The Balaban J connectivity index is 2.81. The summed E-state index contributed by atoms with van der Waals surface area (Å²) in [6.45, 7) is 0.798. The zero-order valence-electron chi connectivity index (χ0n) is 6.26. The highest BCUT2D eigenvalue weighted by molar-refractivity contribution is 6.36. The smallest absolute Gasteiger partial charge is 0.175 e. The molecule has 0 amide bonds. The van der Waals surface area contributed by atoms with Crippen LogP contribution in [0.15, 0.2) is 12.3 Å². The number of hydrogen-bond acceptors (Lipinski definition) is 3. The van der Waals surface area contributed by atoms with Gasteiger partial charge in [0.05, 0.1) is 5.02 Å². The van der Waals surface area contributed by atoms with Gasteiger partial charge in [0.15, 0.2) is 10.9 Å². The molecule has 0 aliphatic heterocycles. The average molecular weight is 207 g/mol. The van der Waals surface area contributed by atoms with Crippen molar-refractivity contribution in [3.05, 3.63) is 22.4 Å². The van der Waals surface area contributed by atoms with Crippen LogP contribution in [0.4, 0.5) is 0 Å². The summed E-state index contributed by atoms with van der Waals surface area (Å²) in [6, 6.07) is 1.61. The number of rotatable bonds is 3. The van der Waals surface area contributed by atoms with Gasteiger partial charge in [-0.1, -0.05) is 23.2 Å². The minimum Gasteiger partial charge on any atom is -0.487 e. The molecule has 3 nitrogen and oxygen atoms in total. The summed E-state index contributed by atoms with van der Waals surface area (Å²) in [5.74, 6) is 0.395. The minimum atomic E-state index is 0.260. The van der Waals surface area contributed by atoms with Crippen molar-refractivity contribution in [2.45, 2.75) is 0 Å². The Morgan fingerprint density at radius 3 is 2.83 bits per heavy atom. The average Bonchev–Trinajstić information content (AvgIpc) is 2.04. The predicted molar refractivity (Wildman–Crippen MR) is 48.8 cm³/mol. The summed E-state index contributed by atoms with van der Waals surface area (Å²) in [4.78, 5) is 3.81. The van der Waals surface area contributed by atoms with E-state index in [0.717, 1.165) is 0 Å². The summed E-state index contributed by atoms with van der Waals surface area (Å²) in [5, 5.41) is 0.708. The predicted octanol–water partition coefficient (Wildman–Crippen LogP) is 1.73. The van der Waals surface area contributed by atoms with Gasteiger partial charge in [-0.05, 0) is 6.07 Å². The fourth-order valence-corrected chi connectivity index (χ4v) is 1.15. The van der Waals surface area contributed by atoms with E-state index in [9.17, 15) is 0 Å². The molecule has 5 heteroatoms. The molecule has 1 rings (SSSR count). The van der Waals surface area contributed by atoms with E-state index in [2.05, 4.69) is 4.98 Å². The first kappa shape index (κ1) is 9.58. The maximum absolute atomic E-state index is 5.77. The molecule has 0 atom stereocenters. The molecule has 0 aliphatic rings. The molecule has 0 saturated heterocycles. The maximum atomic E-state index is 5.77. The fourth-order valence-electron chi connectivity index (χ4n) is 0.690. The first-order valence-corrected chi connectivity index (χ1v) is 4.14. The van der Waals surface area contributed by atoms with Crippen LogP contribution in [0.5, 0.6) is 5.75 Å². The molecule has 1 aromatic heterocycles. The normalized spacial score (nSPS) is 9.92. The molecular weight excluding hydrogens is 199 g/mol. The second-order valence-corrected chi connectivity index (χ2v) is 2.82. The van der Waals surface area contributed by atoms with Crippen LogP contribution in [0.1, 0.15) is 0 Å². The number of ether oxygens (including phenoxy) is 1. The van der Waals surface area contributed by atoms with Crippen LogP contribution in [0.25, 0.3) is 0 Å². The summed E-state index contributed by atoms with van der Waals surface area (Å²) in [7, 11) is 0. The fraction of sp³-hybridized carbons (Fsp3) is 0.286. The van der Waals surface area contributed by atoms with Crippen LogP contribution in [0, 0.1) is 0 Å². The number of halogens is 2. The van der Waals surface area contributed by atoms with Crippen molar-refractivity contribution in [2.24, 2.45) is 5.73 Å². The second-order valence-electron chi connectivity index (χ2n) is 2.05. The minimum absolute atomic E-state index is 0.260. The van der Waals surface area contributed by atoms with Crippen molar-refractivity contribution in [2.75, 3.05) is 13.2 Å². The highest BCUT2D eigenvalue weighted by atomic mass is 35.5. The Morgan fingerprint density at radius 1 is 1.50 bits per heavy atom. The lowest BCUT2D eigenvalue weighted by atomic mass is 10.4. The van der Waals surface area contributed by atoms with Gasteiger partial charge in [0.1, 0.15) is 6.61 Å². The monoisotopic (exact) mass is 206 g/mol. The van der Waals surface area contributed by atoms with E-state index in [4.69, 9.17) is 33.7 Å². The van der Waals surface area contributed by atoms with E-state index in [1.807, 2.05) is 0 Å². The Kier molecular flexibility index (Phi) is 3.59. The van der Waals surface area contributed by atoms with Crippen LogP contribution in [-0.2, 0) is 0 Å². The molecule has 0 aliphatic carbocycles. The summed E-state index contributed by atoms with van der Waals surface area (Å²) in [5.41, 5.74) is 5.24. The molecule has 0 spiro atoms. The van der Waals surface area contributed by atoms with Crippen molar-refractivity contribution < 1.29 is 4.74 Å². The topological polar surface area (TPSA) is 48.1 Å². The van der Waals surface area contributed by atoms with Crippen LogP contribution in [0.2, 0.25) is 10.2 Å². The van der Waals surface area contributed by atoms with Gasteiger partial charge < -0.3 is 10.5 Å². The summed E-state index contributed by atoms with van der Waals surface area (Å²) >= 11 is 11.5. The van der Waals surface area contributed by atoms with Crippen LogP contribution < -0.4 is 10.5 Å². The van der Waals surface area contributed by atoms with Crippen molar-refractivity contribution in [1.29, 1.82) is 0 Å². The van der Waals surface area contributed by atoms with Gasteiger partial charge in [-0.25, -0.2) is 4.98 Å². The highest BCUT2D eigenvalue weighted by Gasteiger charge is 2.06. The van der Waals surface area contributed by atoms with Gasteiger partial charge in [0, 0.05) is 12.7 Å².